The monoisotopic (exact) mass is 345 g/mol. The zero-order chi connectivity index (χ0) is 16.2. The van der Waals surface area contributed by atoms with Crippen LogP contribution in [0.5, 0.6) is 0 Å². The van der Waals surface area contributed by atoms with Crippen molar-refractivity contribution in [1.82, 2.24) is 14.9 Å². The fraction of sp³-hybridized carbons (Fsp3) is 0.167. The van der Waals surface area contributed by atoms with Gasteiger partial charge >= 0.3 is 0 Å². The molecule has 0 amide bonds. The van der Waals surface area contributed by atoms with Gasteiger partial charge in [-0.1, -0.05) is 47.5 Å². The first-order valence-electron chi connectivity index (χ1n) is 7.39. The Kier molecular flexibility index (Phi) is 5.01. The first kappa shape index (κ1) is 16.1. The third kappa shape index (κ3) is 3.75. The number of rotatable bonds is 5. The molecule has 0 spiro atoms. The molecule has 0 aliphatic carbocycles. The molecule has 1 N–H and O–H groups in total. The summed E-state index contributed by atoms with van der Waals surface area (Å²) < 4.78 is 1.98. The standard InChI is InChI=1S/C18H17Cl2N3/c1-13(22-11-15-3-2-4-17(19)18(15)20)14-5-7-16(8-6-14)23-10-9-21-12-23/h2-10,12-13,22H,11H2,1H3/t13-/m1/s1. The molecule has 1 aromatic heterocycles. The lowest BCUT2D eigenvalue weighted by molar-refractivity contribution is 0.575. The van der Waals surface area contributed by atoms with Gasteiger partial charge in [0.05, 0.1) is 16.4 Å². The summed E-state index contributed by atoms with van der Waals surface area (Å²) in [4.78, 5) is 4.06. The van der Waals surface area contributed by atoms with Crippen molar-refractivity contribution < 1.29 is 0 Å². The summed E-state index contributed by atoms with van der Waals surface area (Å²) in [5.41, 5.74) is 3.31. The van der Waals surface area contributed by atoms with Crippen molar-refractivity contribution in [2.24, 2.45) is 0 Å². The Bertz CT molecular complexity index is 767. The molecule has 3 nitrogen and oxygen atoms in total. The third-order valence-corrected chi connectivity index (χ3v) is 4.68. The minimum Gasteiger partial charge on any atom is -0.306 e. The summed E-state index contributed by atoms with van der Waals surface area (Å²) in [6.07, 6.45) is 5.49. The van der Waals surface area contributed by atoms with E-state index in [9.17, 15) is 0 Å². The van der Waals surface area contributed by atoms with Gasteiger partial charge in [-0.25, -0.2) is 4.98 Å². The van der Waals surface area contributed by atoms with Crippen molar-refractivity contribution in [1.29, 1.82) is 0 Å². The van der Waals surface area contributed by atoms with Crippen LogP contribution in [0.2, 0.25) is 10.0 Å². The van der Waals surface area contributed by atoms with E-state index in [4.69, 9.17) is 23.2 Å². The van der Waals surface area contributed by atoms with Gasteiger partial charge in [-0.05, 0) is 36.2 Å². The zero-order valence-electron chi connectivity index (χ0n) is 12.7. The number of benzene rings is 2. The average molecular weight is 346 g/mol. The predicted molar refractivity (Wildman–Crippen MR) is 95.3 cm³/mol. The number of halogens is 2. The molecule has 0 saturated carbocycles. The van der Waals surface area contributed by atoms with Crippen molar-refractivity contribution in [3.63, 3.8) is 0 Å². The molecular weight excluding hydrogens is 329 g/mol. The number of imidazole rings is 1. The van der Waals surface area contributed by atoms with Crippen LogP contribution in [0.1, 0.15) is 24.1 Å². The highest BCUT2D eigenvalue weighted by molar-refractivity contribution is 6.42. The molecule has 1 atom stereocenters. The van der Waals surface area contributed by atoms with Crippen LogP contribution in [0.25, 0.3) is 5.69 Å². The van der Waals surface area contributed by atoms with Crippen molar-refractivity contribution in [2.45, 2.75) is 19.5 Å². The number of hydrogen-bond acceptors (Lipinski definition) is 2. The van der Waals surface area contributed by atoms with Gasteiger partial charge in [-0.3, -0.25) is 0 Å². The second-order valence-corrected chi connectivity index (χ2v) is 6.16. The normalized spacial score (nSPS) is 12.3. The molecule has 1 heterocycles. The van der Waals surface area contributed by atoms with Crippen LogP contribution in [-0.4, -0.2) is 9.55 Å². The molecule has 118 valence electrons. The van der Waals surface area contributed by atoms with E-state index in [1.807, 2.05) is 22.9 Å². The summed E-state index contributed by atoms with van der Waals surface area (Å²) in [5, 5.41) is 4.68. The Morgan fingerprint density at radius 1 is 1.13 bits per heavy atom. The van der Waals surface area contributed by atoms with E-state index in [1.165, 1.54) is 5.56 Å². The van der Waals surface area contributed by atoms with Crippen LogP contribution in [0.3, 0.4) is 0 Å². The van der Waals surface area contributed by atoms with Crippen LogP contribution < -0.4 is 5.32 Å². The second kappa shape index (κ2) is 7.18. The maximum Gasteiger partial charge on any atom is 0.0991 e. The lowest BCUT2D eigenvalue weighted by Gasteiger charge is -2.16. The van der Waals surface area contributed by atoms with E-state index >= 15 is 0 Å². The van der Waals surface area contributed by atoms with E-state index in [1.54, 1.807) is 18.6 Å². The first-order chi connectivity index (χ1) is 11.1. The van der Waals surface area contributed by atoms with Crippen molar-refractivity contribution in [3.8, 4) is 5.69 Å². The van der Waals surface area contributed by atoms with Crippen LogP contribution in [-0.2, 0) is 6.54 Å². The zero-order valence-corrected chi connectivity index (χ0v) is 14.2. The maximum absolute atomic E-state index is 6.22. The molecule has 3 aromatic rings. The third-order valence-electron chi connectivity index (χ3n) is 3.83. The van der Waals surface area contributed by atoms with Crippen molar-refractivity contribution in [2.75, 3.05) is 0 Å². The van der Waals surface area contributed by atoms with Gasteiger partial charge in [-0.2, -0.15) is 0 Å². The molecule has 23 heavy (non-hydrogen) atoms. The number of nitrogens with one attached hydrogen (secondary N) is 1. The minimum atomic E-state index is 0.210. The van der Waals surface area contributed by atoms with Crippen molar-refractivity contribution in [3.05, 3.63) is 82.4 Å². The van der Waals surface area contributed by atoms with Gasteiger partial charge < -0.3 is 9.88 Å². The Balaban J connectivity index is 1.66. The lowest BCUT2D eigenvalue weighted by Crippen LogP contribution is -2.18. The fourth-order valence-corrected chi connectivity index (χ4v) is 2.80. The average Bonchev–Trinajstić information content (AvgIpc) is 3.10. The first-order valence-corrected chi connectivity index (χ1v) is 8.15. The topological polar surface area (TPSA) is 29.9 Å². The molecule has 3 rings (SSSR count). The Labute approximate surface area is 145 Å². The second-order valence-electron chi connectivity index (χ2n) is 5.38. The molecule has 0 aliphatic heterocycles. The highest BCUT2D eigenvalue weighted by Gasteiger charge is 2.08. The maximum atomic E-state index is 6.22. The van der Waals surface area contributed by atoms with E-state index in [0.29, 0.717) is 16.6 Å². The minimum absolute atomic E-state index is 0.210. The van der Waals surface area contributed by atoms with Crippen molar-refractivity contribution >= 4 is 23.2 Å². The Morgan fingerprint density at radius 3 is 2.61 bits per heavy atom. The summed E-state index contributed by atoms with van der Waals surface area (Å²) >= 11 is 12.3. The molecule has 2 aromatic carbocycles. The molecule has 0 fully saturated rings. The van der Waals surface area contributed by atoms with Crippen LogP contribution in [0.15, 0.2) is 61.2 Å². The van der Waals surface area contributed by atoms with Gasteiger partial charge in [0.25, 0.3) is 0 Å². The SMILES string of the molecule is C[C@@H](NCc1cccc(Cl)c1Cl)c1ccc(-n2ccnc2)cc1. The van der Waals surface area contributed by atoms with Gasteiger partial charge in [0, 0.05) is 30.7 Å². The molecule has 0 bridgehead atoms. The summed E-state index contributed by atoms with van der Waals surface area (Å²) in [6, 6.07) is 14.3. The number of aromatic nitrogens is 2. The lowest BCUT2D eigenvalue weighted by atomic mass is 10.1. The van der Waals surface area contributed by atoms with Crippen LogP contribution in [0.4, 0.5) is 0 Å². The summed E-state index contributed by atoms with van der Waals surface area (Å²) in [5.74, 6) is 0. The van der Waals surface area contributed by atoms with E-state index in [0.717, 1.165) is 11.3 Å². The van der Waals surface area contributed by atoms with Gasteiger partial charge in [0.1, 0.15) is 0 Å². The highest BCUT2D eigenvalue weighted by atomic mass is 35.5. The quantitative estimate of drug-likeness (QED) is 0.702. The highest BCUT2D eigenvalue weighted by Crippen LogP contribution is 2.26. The van der Waals surface area contributed by atoms with E-state index in [-0.39, 0.29) is 6.04 Å². The van der Waals surface area contributed by atoms with Gasteiger partial charge in [0.15, 0.2) is 0 Å². The number of hydrogen-bond donors (Lipinski definition) is 1. The molecule has 0 saturated heterocycles. The number of nitrogens with zero attached hydrogens (tertiary/aromatic N) is 2. The summed E-state index contributed by atoms with van der Waals surface area (Å²) in [6.45, 7) is 2.80. The largest absolute Gasteiger partial charge is 0.306 e. The molecular formula is C18H17Cl2N3. The Morgan fingerprint density at radius 2 is 1.91 bits per heavy atom. The van der Waals surface area contributed by atoms with Gasteiger partial charge in [-0.15, -0.1) is 0 Å². The molecule has 0 unspecified atom stereocenters. The smallest absolute Gasteiger partial charge is 0.0991 e. The molecule has 0 aliphatic rings. The van der Waals surface area contributed by atoms with Crippen LogP contribution in [0, 0.1) is 0 Å². The Hall–Kier alpha value is -1.81. The summed E-state index contributed by atoms with van der Waals surface area (Å²) in [7, 11) is 0. The van der Waals surface area contributed by atoms with E-state index in [2.05, 4.69) is 41.5 Å². The molecule has 5 heteroatoms. The van der Waals surface area contributed by atoms with Crippen LogP contribution >= 0.6 is 23.2 Å². The van der Waals surface area contributed by atoms with Gasteiger partial charge in [0.2, 0.25) is 0 Å². The molecule has 0 radical (unpaired) electrons. The predicted octanol–water partition coefficient (Wildman–Crippen LogP) is 5.03. The van der Waals surface area contributed by atoms with E-state index < -0.39 is 0 Å². The fourth-order valence-electron chi connectivity index (χ4n) is 2.41.